The van der Waals surface area contributed by atoms with Gasteiger partial charge >= 0.3 is 0 Å². The standard InChI is InChI=1S/C10H11N5O2S3/c1-6-3-4-9(18-6)20(16,17)11-5-8-14-15-7(2)12-13-10(15)19-8/h3-4,11H,5H2,1-2H3. The van der Waals surface area contributed by atoms with Crippen LogP contribution in [0.1, 0.15) is 15.7 Å². The Morgan fingerprint density at radius 2 is 2.05 bits per heavy atom. The van der Waals surface area contributed by atoms with Crippen LogP contribution in [0, 0.1) is 13.8 Å². The third-order valence-corrected chi connectivity index (χ3v) is 6.38. The van der Waals surface area contributed by atoms with Crippen LogP contribution >= 0.6 is 22.7 Å². The molecule has 1 N–H and O–H groups in total. The third kappa shape index (κ3) is 2.46. The van der Waals surface area contributed by atoms with Gasteiger partial charge in [-0.2, -0.15) is 9.61 Å². The summed E-state index contributed by atoms with van der Waals surface area (Å²) in [5.41, 5.74) is 0. The van der Waals surface area contributed by atoms with Crippen molar-refractivity contribution in [3.05, 3.63) is 27.8 Å². The second-order valence-corrected chi connectivity index (χ2v) is 8.45. The quantitative estimate of drug-likeness (QED) is 0.780. The van der Waals surface area contributed by atoms with Gasteiger partial charge in [0.2, 0.25) is 15.0 Å². The first kappa shape index (κ1) is 13.6. The zero-order valence-electron chi connectivity index (χ0n) is 10.7. The van der Waals surface area contributed by atoms with Gasteiger partial charge in [-0.05, 0) is 26.0 Å². The first-order valence-corrected chi connectivity index (χ1v) is 8.81. The van der Waals surface area contributed by atoms with E-state index in [1.165, 1.54) is 22.7 Å². The van der Waals surface area contributed by atoms with Crippen molar-refractivity contribution < 1.29 is 8.42 Å². The molecule has 0 aromatic carbocycles. The summed E-state index contributed by atoms with van der Waals surface area (Å²) in [5, 5.41) is 12.7. The normalized spacial score (nSPS) is 12.3. The van der Waals surface area contributed by atoms with Crippen molar-refractivity contribution in [2.75, 3.05) is 0 Å². The van der Waals surface area contributed by atoms with Gasteiger partial charge in [0.15, 0.2) is 5.82 Å². The molecular formula is C10H11N5O2S3. The minimum Gasteiger partial charge on any atom is -0.206 e. The van der Waals surface area contributed by atoms with E-state index in [4.69, 9.17) is 0 Å². The van der Waals surface area contributed by atoms with Crippen LogP contribution in [0.2, 0.25) is 0 Å². The second-order valence-electron chi connectivity index (χ2n) is 4.13. The van der Waals surface area contributed by atoms with Gasteiger partial charge in [0.05, 0.1) is 6.54 Å². The molecule has 0 amide bonds. The zero-order valence-corrected chi connectivity index (χ0v) is 13.1. The highest BCUT2D eigenvalue weighted by Gasteiger charge is 2.17. The molecule has 0 atom stereocenters. The van der Waals surface area contributed by atoms with E-state index in [-0.39, 0.29) is 6.54 Å². The average molecular weight is 329 g/mol. The number of thiophene rings is 1. The Morgan fingerprint density at radius 3 is 2.70 bits per heavy atom. The van der Waals surface area contributed by atoms with E-state index in [2.05, 4.69) is 20.0 Å². The van der Waals surface area contributed by atoms with Crippen molar-refractivity contribution in [1.29, 1.82) is 0 Å². The lowest BCUT2D eigenvalue weighted by atomic mass is 10.5. The number of hydrogen-bond acceptors (Lipinski definition) is 7. The van der Waals surface area contributed by atoms with Gasteiger partial charge in [-0.15, -0.1) is 21.5 Å². The van der Waals surface area contributed by atoms with Gasteiger partial charge in [-0.1, -0.05) is 11.3 Å². The Kier molecular flexibility index (Phi) is 3.32. The lowest BCUT2D eigenvalue weighted by Crippen LogP contribution is -2.22. The smallest absolute Gasteiger partial charge is 0.206 e. The first-order valence-electron chi connectivity index (χ1n) is 5.69. The van der Waals surface area contributed by atoms with Gasteiger partial charge in [0.1, 0.15) is 9.22 Å². The van der Waals surface area contributed by atoms with Crippen LogP contribution in [-0.4, -0.2) is 28.2 Å². The summed E-state index contributed by atoms with van der Waals surface area (Å²) in [6.07, 6.45) is 0. The van der Waals surface area contributed by atoms with Crippen LogP contribution in [0.5, 0.6) is 0 Å². The van der Waals surface area contributed by atoms with Crippen LogP contribution in [0.4, 0.5) is 0 Å². The molecule has 0 fully saturated rings. The Hall–Kier alpha value is -1.36. The second kappa shape index (κ2) is 4.88. The lowest BCUT2D eigenvalue weighted by Gasteiger charge is -2.01. The number of aryl methyl sites for hydroxylation is 2. The van der Waals surface area contributed by atoms with Gasteiger partial charge in [0, 0.05) is 4.88 Å². The molecular weight excluding hydrogens is 318 g/mol. The number of aromatic nitrogens is 4. The molecule has 106 valence electrons. The summed E-state index contributed by atoms with van der Waals surface area (Å²) in [4.78, 5) is 1.61. The molecule has 0 saturated heterocycles. The number of nitrogens with zero attached hydrogens (tertiary/aromatic N) is 4. The maximum absolute atomic E-state index is 12.1. The molecule has 0 aliphatic rings. The van der Waals surface area contributed by atoms with Crippen LogP contribution in [-0.2, 0) is 16.6 Å². The van der Waals surface area contributed by atoms with Crippen molar-refractivity contribution in [3.8, 4) is 0 Å². The predicted octanol–water partition coefficient (Wildman–Crippen LogP) is 1.34. The van der Waals surface area contributed by atoms with Crippen molar-refractivity contribution in [1.82, 2.24) is 24.5 Å². The molecule has 0 radical (unpaired) electrons. The topological polar surface area (TPSA) is 89.2 Å². The Morgan fingerprint density at radius 1 is 1.25 bits per heavy atom. The summed E-state index contributed by atoms with van der Waals surface area (Å²) in [7, 11) is -3.48. The van der Waals surface area contributed by atoms with Gasteiger partial charge < -0.3 is 0 Å². The molecule has 7 nitrogen and oxygen atoms in total. The number of hydrogen-bond donors (Lipinski definition) is 1. The monoisotopic (exact) mass is 329 g/mol. The highest BCUT2D eigenvalue weighted by molar-refractivity contribution is 7.91. The first-order chi connectivity index (χ1) is 9.45. The number of nitrogens with one attached hydrogen (secondary N) is 1. The lowest BCUT2D eigenvalue weighted by molar-refractivity contribution is 0.582. The average Bonchev–Trinajstić information content (AvgIpc) is 3.06. The van der Waals surface area contributed by atoms with Crippen LogP contribution in [0.25, 0.3) is 4.96 Å². The molecule has 10 heteroatoms. The maximum Gasteiger partial charge on any atom is 0.250 e. The molecule has 0 aliphatic carbocycles. The van der Waals surface area contributed by atoms with Crippen LogP contribution < -0.4 is 4.72 Å². The molecule has 3 heterocycles. The fourth-order valence-corrected chi connectivity index (χ4v) is 4.84. The van der Waals surface area contributed by atoms with E-state index < -0.39 is 10.0 Å². The minimum absolute atomic E-state index is 0.146. The van der Waals surface area contributed by atoms with E-state index in [1.807, 2.05) is 6.92 Å². The van der Waals surface area contributed by atoms with Crippen molar-refractivity contribution >= 4 is 37.7 Å². The zero-order chi connectivity index (χ0) is 14.3. The third-order valence-electron chi connectivity index (χ3n) is 2.58. The highest BCUT2D eigenvalue weighted by atomic mass is 32.2. The summed E-state index contributed by atoms with van der Waals surface area (Å²) < 4.78 is 28.6. The van der Waals surface area contributed by atoms with E-state index in [0.29, 0.717) is 20.0 Å². The van der Waals surface area contributed by atoms with Crippen molar-refractivity contribution in [2.24, 2.45) is 0 Å². The summed E-state index contributed by atoms with van der Waals surface area (Å²) in [6.45, 7) is 3.81. The molecule has 0 spiro atoms. The number of sulfonamides is 1. The molecule has 20 heavy (non-hydrogen) atoms. The number of fused-ring (bicyclic) bond motifs is 1. The van der Waals surface area contributed by atoms with Crippen molar-refractivity contribution in [2.45, 2.75) is 24.6 Å². The SMILES string of the molecule is Cc1ccc(S(=O)(=O)NCc2nn3c(C)nnc3s2)s1. The molecule has 0 saturated carbocycles. The molecule has 3 aromatic heterocycles. The van der Waals surface area contributed by atoms with E-state index in [0.717, 1.165) is 4.88 Å². The van der Waals surface area contributed by atoms with Gasteiger partial charge in [0.25, 0.3) is 0 Å². The summed E-state index contributed by atoms with van der Waals surface area (Å²) >= 11 is 2.56. The highest BCUT2D eigenvalue weighted by Crippen LogP contribution is 2.21. The summed E-state index contributed by atoms with van der Waals surface area (Å²) in [6, 6.07) is 3.39. The Balaban J connectivity index is 1.78. The summed E-state index contributed by atoms with van der Waals surface area (Å²) in [5.74, 6) is 0.680. The van der Waals surface area contributed by atoms with Crippen LogP contribution in [0.15, 0.2) is 16.3 Å². The predicted molar refractivity (Wildman–Crippen MR) is 76.5 cm³/mol. The van der Waals surface area contributed by atoms with Gasteiger partial charge in [-0.3, -0.25) is 0 Å². The fourth-order valence-electron chi connectivity index (χ4n) is 1.61. The Labute approximate surface area is 123 Å². The molecule has 0 bridgehead atoms. The van der Waals surface area contributed by atoms with Crippen molar-refractivity contribution in [3.63, 3.8) is 0 Å². The van der Waals surface area contributed by atoms with Gasteiger partial charge in [-0.25, -0.2) is 13.1 Å². The van der Waals surface area contributed by atoms with E-state index in [9.17, 15) is 8.42 Å². The van der Waals surface area contributed by atoms with Crippen LogP contribution in [0.3, 0.4) is 0 Å². The minimum atomic E-state index is -3.48. The fraction of sp³-hybridized carbons (Fsp3) is 0.300. The number of rotatable bonds is 4. The van der Waals surface area contributed by atoms with E-state index >= 15 is 0 Å². The largest absolute Gasteiger partial charge is 0.250 e. The molecule has 0 aliphatic heterocycles. The Bertz CT molecular complexity index is 861. The molecule has 3 aromatic rings. The maximum atomic E-state index is 12.1. The molecule has 0 unspecified atom stereocenters. The van der Waals surface area contributed by atoms with E-state index in [1.54, 1.807) is 23.6 Å². The molecule has 3 rings (SSSR count).